The molecule has 0 atom stereocenters. The van der Waals surface area contributed by atoms with Gasteiger partial charge in [-0.1, -0.05) is 44.8 Å². The molecular weight excluding hydrogens is 292 g/mol. The molecular formula is C19H28O4. The SMILES string of the molecule is CCCCCc1cc(O)c(C/C=C(\C)CCC)c(O)c1C(=O)O. The summed E-state index contributed by atoms with van der Waals surface area (Å²) in [5, 5.41) is 30.0. The Kier molecular flexibility index (Phi) is 7.66. The fourth-order valence-corrected chi connectivity index (χ4v) is 2.72. The molecule has 4 heteroatoms. The Morgan fingerprint density at radius 1 is 1.17 bits per heavy atom. The van der Waals surface area contributed by atoms with Crippen LogP contribution in [0.5, 0.6) is 11.5 Å². The van der Waals surface area contributed by atoms with Crippen LogP contribution in [0.4, 0.5) is 0 Å². The second-order valence-corrected chi connectivity index (χ2v) is 6.02. The minimum Gasteiger partial charge on any atom is -0.508 e. The Balaban J connectivity index is 3.16. The predicted molar refractivity (Wildman–Crippen MR) is 92.3 cm³/mol. The Morgan fingerprint density at radius 2 is 1.87 bits per heavy atom. The van der Waals surface area contributed by atoms with Crippen molar-refractivity contribution in [2.24, 2.45) is 0 Å². The first kappa shape index (κ1) is 19.1. The molecule has 0 bridgehead atoms. The molecule has 0 saturated carbocycles. The van der Waals surface area contributed by atoms with Crippen LogP contribution in [0.2, 0.25) is 0 Å². The van der Waals surface area contributed by atoms with Crippen LogP contribution >= 0.6 is 0 Å². The number of unbranched alkanes of at least 4 members (excludes halogenated alkanes) is 2. The zero-order valence-electron chi connectivity index (χ0n) is 14.4. The van der Waals surface area contributed by atoms with E-state index < -0.39 is 5.97 Å². The van der Waals surface area contributed by atoms with Crippen LogP contribution in [-0.4, -0.2) is 21.3 Å². The number of hydrogen-bond donors (Lipinski definition) is 3. The van der Waals surface area contributed by atoms with Crippen molar-refractivity contribution >= 4 is 5.97 Å². The third-order valence-electron chi connectivity index (χ3n) is 4.03. The number of aryl methyl sites for hydroxylation is 1. The van der Waals surface area contributed by atoms with E-state index in [2.05, 4.69) is 13.8 Å². The number of allylic oxidation sites excluding steroid dienone is 2. The maximum atomic E-state index is 11.5. The number of rotatable bonds is 9. The summed E-state index contributed by atoms with van der Waals surface area (Å²) in [6, 6.07) is 1.50. The van der Waals surface area contributed by atoms with E-state index in [1.165, 1.54) is 6.07 Å². The molecule has 4 nitrogen and oxygen atoms in total. The maximum Gasteiger partial charge on any atom is 0.339 e. The number of aromatic hydroxyl groups is 2. The molecule has 0 aromatic heterocycles. The zero-order chi connectivity index (χ0) is 17.4. The number of phenolic OH excluding ortho intramolecular Hbond substituents is 1. The van der Waals surface area contributed by atoms with Gasteiger partial charge in [0.1, 0.15) is 17.1 Å². The number of carboxylic acid groups (broad SMARTS) is 1. The van der Waals surface area contributed by atoms with Gasteiger partial charge in [0.05, 0.1) is 0 Å². The summed E-state index contributed by atoms with van der Waals surface area (Å²) in [7, 11) is 0. The molecule has 0 unspecified atom stereocenters. The molecule has 0 heterocycles. The monoisotopic (exact) mass is 320 g/mol. The van der Waals surface area contributed by atoms with E-state index in [-0.39, 0.29) is 22.6 Å². The highest BCUT2D eigenvalue weighted by Crippen LogP contribution is 2.35. The lowest BCUT2D eigenvalue weighted by atomic mass is 9.95. The Morgan fingerprint density at radius 3 is 2.43 bits per heavy atom. The maximum absolute atomic E-state index is 11.5. The molecule has 1 aromatic rings. The van der Waals surface area contributed by atoms with Gasteiger partial charge in [-0.25, -0.2) is 4.79 Å². The molecule has 0 aliphatic rings. The van der Waals surface area contributed by atoms with Crippen LogP contribution in [0.3, 0.4) is 0 Å². The summed E-state index contributed by atoms with van der Waals surface area (Å²) in [4.78, 5) is 11.5. The first-order chi connectivity index (χ1) is 10.9. The van der Waals surface area contributed by atoms with E-state index in [4.69, 9.17) is 0 Å². The second kappa shape index (κ2) is 9.23. The van der Waals surface area contributed by atoms with E-state index in [9.17, 15) is 20.1 Å². The molecule has 3 N–H and O–H groups in total. The zero-order valence-corrected chi connectivity index (χ0v) is 14.4. The van der Waals surface area contributed by atoms with E-state index in [0.29, 0.717) is 18.4 Å². The van der Waals surface area contributed by atoms with Crippen LogP contribution in [0.1, 0.15) is 74.4 Å². The number of aromatic carboxylic acids is 1. The molecule has 1 aromatic carbocycles. The molecule has 1 rings (SSSR count). The molecule has 0 amide bonds. The van der Waals surface area contributed by atoms with Crippen LogP contribution in [0, 0.1) is 0 Å². The molecule has 23 heavy (non-hydrogen) atoms. The van der Waals surface area contributed by atoms with Gasteiger partial charge in [-0.3, -0.25) is 0 Å². The van der Waals surface area contributed by atoms with Crippen molar-refractivity contribution in [1.82, 2.24) is 0 Å². The fraction of sp³-hybridized carbons (Fsp3) is 0.526. The lowest BCUT2D eigenvalue weighted by Crippen LogP contribution is -2.05. The third kappa shape index (κ3) is 5.31. The summed E-state index contributed by atoms with van der Waals surface area (Å²) < 4.78 is 0. The second-order valence-electron chi connectivity index (χ2n) is 6.02. The van der Waals surface area contributed by atoms with Crippen molar-refractivity contribution in [3.63, 3.8) is 0 Å². The van der Waals surface area contributed by atoms with Gasteiger partial charge in [-0.15, -0.1) is 0 Å². The van der Waals surface area contributed by atoms with Crippen LogP contribution in [0.15, 0.2) is 17.7 Å². The fourth-order valence-electron chi connectivity index (χ4n) is 2.72. The van der Waals surface area contributed by atoms with E-state index >= 15 is 0 Å². The van der Waals surface area contributed by atoms with Crippen molar-refractivity contribution in [2.45, 2.75) is 65.7 Å². The van der Waals surface area contributed by atoms with Crippen molar-refractivity contribution in [1.29, 1.82) is 0 Å². The number of hydrogen-bond acceptors (Lipinski definition) is 3. The topological polar surface area (TPSA) is 77.8 Å². The Hall–Kier alpha value is -1.97. The van der Waals surface area contributed by atoms with Gasteiger partial charge in [0.2, 0.25) is 0 Å². The lowest BCUT2D eigenvalue weighted by molar-refractivity contribution is 0.0692. The normalized spacial score (nSPS) is 11.7. The molecule has 128 valence electrons. The smallest absolute Gasteiger partial charge is 0.339 e. The van der Waals surface area contributed by atoms with Gasteiger partial charge in [-0.2, -0.15) is 0 Å². The predicted octanol–water partition coefficient (Wildman–Crippen LogP) is 4.82. The largest absolute Gasteiger partial charge is 0.508 e. The highest BCUT2D eigenvalue weighted by Gasteiger charge is 2.21. The van der Waals surface area contributed by atoms with Gasteiger partial charge in [0, 0.05) is 5.56 Å². The molecule has 0 aliphatic heterocycles. The Labute approximate surface area is 138 Å². The highest BCUT2D eigenvalue weighted by molar-refractivity contribution is 5.93. The molecule has 0 saturated heterocycles. The van der Waals surface area contributed by atoms with Crippen LogP contribution in [0.25, 0.3) is 0 Å². The van der Waals surface area contributed by atoms with Gasteiger partial charge >= 0.3 is 5.97 Å². The summed E-state index contributed by atoms with van der Waals surface area (Å²) in [5.74, 6) is -1.48. The summed E-state index contributed by atoms with van der Waals surface area (Å²) in [5.41, 5.74) is 1.88. The van der Waals surface area contributed by atoms with E-state index in [1.54, 1.807) is 0 Å². The number of carboxylic acids is 1. The van der Waals surface area contributed by atoms with Crippen LogP contribution in [-0.2, 0) is 12.8 Å². The van der Waals surface area contributed by atoms with Gasteiger partial charge in [0.15, 0.2) is 0 Å². The first-order valence-corrected chi connectivity index (χ1v) is 8.37. The number of carbonyl (C=O) groups is 1. The van der Waals surface area contributed by atoms with Crippen molar-refractivity contribution in [3.8, 4) is 11.5 Å². The third-order valence-corrected chi connectivity index (χ3v) is 4.03. The quantitative estimate of drug-likeness (QED) is 0.450. The average molecular weight is 320 g/mol. The van der Waals surface area contributed by atoms with Crippen LogP contribution < -0.4 is 0 Å². The number of phenols is 2. The van der Waals surface area contributed by atoms with Crippen molar-refractivity contribution < 1.29 is 20.1 Å². The molecule has 0 aliphatic carbocycles. The van der Waals surface area contributed by atoms with E-state index in [1.807, 2.05) is 13.0 Å². The Bertz CT molecular complexity index is 573. The van der Waals surface area contributed by atoms with Crippen molar-refractivity contribution in [3.05, 3.63) is 34.4 Å². The molecule has 0 radical (unpaired) electrons. The number of benzene rings is 1. The first-order valence-electron chi connectivity index (χ1n) is 8.37. The van der Waals surface area contributed by atoms with Gasteiger partial charge in [-0.05, 0) is 44.2 Å². The lowest BCUT2D eigenvalue weighted by Gasteiger charge is -2.14. The standard InChI is InChI=1S/C19H28O4/c1-4-6-7-9-14-12-16(20)15(11-10-13(3)8-5-2)18(21)17(14)19(22)23/h10,12,20-21H,4-9,11H2,1-3H3,(H,22,23)/b13-10+. The van der Waals surface area contributed by atoms with E-state index in [0.717, 1.165) is 37.7 Å². The minimum absolute atomic E-state index is 0.0282. The summed E-state index contributed by atoms with van der Waals surface area (Å²) in [6.45, 7) is 6.15. The highest BCUT2D eigenvalue weighted by atomic mass is 16.4. The van der Waals surface area contributed by atoms with Crippen molar-refractivity contribution in [2.75, 3.05) is 0 Å². The van der Waals surface area contributed by atoms with Gasteiger partial charge in [0.25, 0.3) is 0 Å². The summed E-state index contributed by atoms with van der Waals surface area (Å²) in [6.07, 6.45) is 7.63. The molecule has 0 spiro atoms. The minimum atomic E-state index is -1.15. The summed E-state index contributed by atoms with van der Waals surface area (Å²) >= 11 is 0. The molecule has 0 fully saturated rings. The van der Waals surface area contributed by atoms with Gasteiger partial charge < -0.3 is 15.3 Å². The average Bonchev–Trinajstić information content (AvgIpc) is 2.46.